The third-order valence-electron chi connectivity index (χ3n) is 4.22. The van der Waals surface area contributed by atoms with E-state index in [-0.39, 0.29) is 5.91 Å². The maximum Gasteiger partial charge on any atom is 0.492 e. The lowest BCUT2D eigenvalue weighted by Gasteiger charge is -2.11. The van der Waals surface area contributed by atoms with Crippen molar-refractivity contribution in [3.8, 4) is 11.5 Å². The normalized spacial score (nSPS) is 12.7. The van der Waals surface area contributed by atoms with Crippen LogP contribution >= 0.6 is 0 Å². The third-order valence-corrected chi connectivity index (χ3v) is 4.22. The van der Waals surface area contributed by atoms with Gasteiger partial charge in [-0.2, -0.15) is 0 Å². The number of carbonyl (C=O) groups excluding carboxylic acids is 1. The number of nitrogens with one attached hydrogen (secondary N) is 1. The largest absolute Gasteiger partial charge is 0.493 e. The predicted octanol–water partition coefficient (Wildman–Crippen LogP) is 1.49. The van der Waals surface area contributed by atoms with Gasteiger partial charge in [-0.25, -0.2) is 0 Å². The van der Waals surface area contributed by atoms with Crippen LogP contribution in [0.1, 0.15) is 17.5 Å². The molecule has 1 heterocycles. The van der Waals surface area contributed by atoms with Crippen LogP contribution in [0.2, 0.25) is 0 Å². The summed E-state index contributed by atoms with van der Waals surface area (Å²) in [5, 5.41) is 12.8. The number of benzene rings is 2. The molecule has 25 heavy (non-hydrogen) atoms. The first kappa shape index (κ1) is 17.3. The monoisotopic (exact) mass is 341 g/mol. The van der Waals surface area contributed by atoms with Crippen molar-refractivity contribution in [3.05, 3.63) is 47.5 Å². The lowest BCUT2D eigenvalue weighted by Crippen LogP contribution is -2.31. The number of aryl methyl sites for hydroxylation is 1. The van der Waals surface area contributed by atoms with Crippen molar-refractivity contribution in [2.75, 3.05) is 19.5 Å². The van der Waals surface area contributed by atoms with E-state index in [4.69, 9.17) is 14.1 Å². The minimum atomic E-state index is -0.903. The summed E-state index contributed by atoms with van der Waals surface area (Å²) in [6.45, 7) is 0.405. The van der Waals surface area contributed by atoms with Crippen molar-refractivity contribution < 1.29 is 23.9 Å². The van der Waals surface area contributed by atoms with Gasteiger partial charge in [0.2, 0.25) is 5.91 Å². The van der Waals surface area contributed by atoms with Gasteiger partial charge in [-0.05, 0) is 35.1 Å². The van der Waals surface area contributed by atoms with Crippen LogP contribution in [0, 0.1) is 0 Å². The molecule has 6 nitrogen and oxygen atoms in total. The maximum atomic E-state index is 12.2. The highest BCUT2D eigenvalue weighted by atomic mass is 16.5. The van der Waals surface area contributed by atoms with Crippen LogP contribution in [0.3, 0.4) is 0 Å². The minimum Gasteiger partial charge on any atom is -0.493 e. The first-order valence-corrected chi connectivity index (χ1v) is 8.04. The lowest BCUT2D eigenvalue weighted by molar-refractivity contribution is -0.116. The van der Waals surface area contributed by atoms with Crippen molar-refractivity contribution >= 4 is 24.2 Å². The molecule has 0 atom stereocenters. The molecular formula is C18H20BNO5. The molecule has 1 amide bonds. The van der Waals surface area contributed by atoms with E-state index in [2.05, 4.69) is 5.32 Å². The topological polar surface area (TPSA) is 77.0 Å². The summed E-state index contributed by atoms with van der Waals surface area (Å²) < 4.78 is 15.7. The number of ether oxygens (including phenoxy) is 2. The van der Waals surface area contributed by atoms with E-state index in [9.17, 15) is 9.82 Å². The first-order valence-electron chi connectivity index (χ1n) is 8.04. The fraction of sp³-hybridized carbons (Fsp3) is 0.278. The smallest absolute Gasteiger partial charge is 0.492 e. The number of anilines is 1. The molecule has 130 valence electrons. The zero-order chi connectivity index (χ0) is 17.8. The van der Waals surface area contributed by atoms with E-state index in [1.807, 2.05) is 18.2 Å². The Labute approximate surface area is 146 Å². The Morgan fingerprint density at radius 1 is 1.24 bits per heavy atom. The molecule has 0 saturated carbocycles. The molecule has 7 heteroatoms. The summed E-state index contributed by atoms with van der Waals surface area (Å²) in [6, 6.07) is 11.0. The highest BCUT2D eigenvalue weighted by Gasteiger charge is 2.29. The van der Waals surface area contributed by atoms with E-state index in [0.29, 0.717) is 36.6 Å². The van der Waals surface area contributed by atoms with Crippen LogP contribution in [0.15, 0.2) is 36.4 Å². The second-order valence-corrected chi connectivity index (χ2v) is 5.77. The van der Waals surface area contributed by atoms with E-state index in [1.165, 1.54) is 0 Å². The van der Waals surface area contributed by atoms with Crippen LogP contribution in [-0.2, 0) is 22.5 Å². The van der Waals surface area contributed by atoms with Crippen LogP contribution in [0.25, 0.3) is 0 Å². The van der Waals surface area contributed by atoms with Crippen LogP contribution < -0.4 is 20.3 Å². The van der Waals surface area contributed by atoms with Crippen molar-refractivity contribution in [1.82, 2.24) is 0 Å². The molecule has 0 aromatic heterocycles. The number of rotatable bonds is 6. The Bertz CT molecular complexity index is 780. The predicted molar refractivity (Wildman–Crippen MR) is 95.3 cm³/mol. The number of methoxy groups -OCH3 is 2. The van der Waals surface area contributed by atoms with Gasteiger partial charge in [0, 0.05) is 18.2 Å². The van der Waals surface area contributed by atoms with E-state index < -0.39 is 7.12 Å². The Balaban J connectivity index is 1.64. The summed E-state index contributed by atoms with van der Waals surface area (Å²) in [6.07, 6.45) is 0.834. The van der Waals surface area contributed by atoms with Crippen molar-refractivity contribution in [2.45, 2.75) is 19.4 Å². The number of carbonyl (C=O) groups is 1. The first-order chi connectivity index (χ1) is 12.1. The van der Waals surface area contributed by atoms with Crippen molar-refractivity contribution in [1.29, 1.82) is 0 Å². The SMILES string of the molecule is COc1ccc(NC(=O)CCc2cccc3c2B(O)OC3)cc1OC. The van der Waals surface area contributed by atoms with Gasteiger partial charge in [0.25, 0.3) is 0 Å². The summed E-state index contributed by atoms with van der Waals surface area (Å²) in [5.74, 6) is 1.05. The van der Waals surface area contributed by atoms with E-state index in [1.54, 1.807) is 32.4 Å². The van der Waals surface area contributed by atoms with Gasteiger partial charge in [-0.3, -0.25) is 4.79 Å². The van der Waals surface area contributed by atoms with Crippen LogP contribution in [0.5, 0.6) is 11.5 Å². The number of amides is 1. The number of hydrogen-bond acceptors (Lipinski definition) is 5. The summed E-state index contributed by atoms with van der Waals surface area (Å²) in [7, 11) is 2.21. The number of hydrogen-bond donors (Lipinski definition) is 2. The van der Waals surface area contributed by atoms with Gasteiger partial charge in [-0.1, -0.05) is 18.2 Å². The molecule has 0 radical (unpaired) electrons. The summed E-state index contributed by atoms with van der Waals surface area (Å²) in [4.78, 5) is 12.2. The average molecular weight is 341 g/mol. The molecule has 2 aromatic carbocycles. The summed E-state index contributed by atoms with van der Waals surface area (Å²) in [5.41, 5.74) is 3.35. The molecule has 0 unspecified atom stereocenters. The van der Waals surface area contributed by atoms with Gasteiger partial charge >= 0.3 is 7.12 Å². The minimum absolute atomic E-state index is 0.113. The van der Waals surface area contributed by atoms with Gasteiger partial charge in [0.05, 0.1) is 20.8 Å². The molecule has 0 bridgehead atoms. The van der Waals surface area contributed by atoms with Crippen molar-refractivity contribution in [2.24, 2.45) is 0 Å². The molecule has 2 N–H and O–H groups in total. The van der Waals surface area contributed by atoms with Crippen molar-refractivity contribution in [3.63, 3.8) is 0 Å². The van der Waals surface area contributed by atoms with Gasteiger partial charge in [0.15, 0.2) is 11.5 Å². The molecule has 1 aliphatic heterocycles. The molecule has 0 saturated heterocycles. The second-order valence-electron chi connectivity index (χ2n) is 5.77. The average Bonchev–Trinajstić information content (AvgIpc) is 3.01. The quantitative estimate of drug-likeness (QED) is 0.779. The maximum absolute atomic E-state index is 12.2. The standard InChI is InChI=1S/C18H20BNO5/c1-23-15-8-7-14(10-16(15)24-2)20-17(21)9-6-12-4-3-5-13-11-25-19(22)18(12)13/h3-5,7-8,10,22H,6,9,11H2,1-2H3,(H,20,21). The van der Waals surface area contributed by atoms with Gasteiger partial charge in [-0.15, -0.1) is 0 Å². The molecule has 0 aliphatic carbocycles. The Kier molecular flexibility index (Phi) is 5.26. The fourth-order valence-electron chi connectivity index (χ4n) is 2.96. The summed E-state index contributed by atoms with van der Waals surface area (Å²) >= 11 is 0. The van der Waals surface area contributed by atoms with Crippen LogP contribution in [0.4, 0.5) is 5.69 Å². The van der Waals surface area contributed by atoms with E-state index >= 15 is 0 Å². The fourth-order valence-corrected chi connectivity index (χ4v) is 2.96. The molecule has 1 aliphatic rings. The third kappa shape index (κ3) is 3.78. The van der Waals surface area contributed by atoms with E-state index in [0.717, 1.165) is 16.6 Å². The zero-order valence-corrected chi connectivity index (χ0v) is 14.2. The zero-order valence-electron chi connectivity index (χ0n) is 14.2. The molecular weight excluding hydrogens is 321 g/mol. The Morgan fingerprint density at radius 3 is 2.80 bits per heavy atom. The van der Waals surface area contributed by atoms with Crippen LogP contribution in [-0.4, -0.2) is 32.3 Å². The highest BCUT2D eigenvalue weighted by molar-refractivity contribution is 6.62. The molecule has 3 rings (SSSR count). The van der Waals surface area contributed by atoms with Gasteiger partial charge in [0.1, 0.15) is 0 Å². The highest BCUT2D eigenvalue weighted by Crippen LogP contribution is 2.29. The Morgan fingerprint density at radius 2 is 2.04 bits per heavy atom. The van der Waals surface area contributed by atoms with Gasteiger partial charge < -0.3 is 24.5 Å². The molecule has 2 aromatic rings. The lowest BCUT2D eigenvalue weighted by atomic mass is 9.75. The second kappa shape index (κ2) is 7.59. The molecule has 0 spiro atoms. The molecule has 0 fully saturated rings. The Hall–Kier alpha value is -2.51. The number of fused-ring (bicyclic) bond motifs is 1.